The van der Waals surface area contributed by atoms with Gasteiger partial charge in [0.2, 0.25) is 0 Å². The number of aliphatic hydroxyl groups excluding tert-OH is 1. The van der Waals surface area contributed by atoms with Crippen LogP contribution in [-0.2, 0) is 4.74 Å². The highest BCUT2D eigenvalue weighted by atomic mass is 16.5. The summed E-state index contributed by atoms with van der Waals surface area (Å²) < 4.78 is 5.66. The van der Waals surface area contributed by atoms with E-state index in [9.17, 15) is 0 Å². The highest BCUT2D eigenvalue weighted by molar-refractivity contribution is 4.81. The summed E-state index contributed by atoms with van der Waals surface area (Å²) in [4.78, 5) is 0. The molecule has 84 valence electrons. The van der Waals surface area contributed by atoms with Crippen molar-refractivity contribution in [3.05, 3.63) is 0 Å². The van der Waals surface area contributed by atoms with E-state index in [0.29, 0.717) is 18.2 Å². The lowest BCUT2D eigenvalue weighted by Gasteiger charge is -2.34. The maximum atomic E-state index is 9.09. The van der Waals surface area contributed by atoms with Gasteiger partial charge in [-0.2, -0.15) is 0 Å². The van der Waals surface area contributed by atoms with Crippen LogP contribution in [0, 0.1) is 0 Å². The first kappa shape index (κ1) is 12.0. The molecule has 0 amide bonds. The quantitative estimate of drug-likeness (QED) is 0.720. The Hall–Kier alpha value is -0.120. The monoisotopic (exact) mass is 201 g/mol. The minimum Gasteiger partial charge on any atom is -0.395 e. The Labute approximate surface area is 86.8 Å². The minimum atomic E-state index is 0.233. The van der Waals surface area contributed by atoms with Crippen molar-refractivity contribution in [1.82, 2.24) is 5.32 Å². The molecule has 1 aliphatic rings. The molecule has 0 radical (unpaired) electrons. The Kier molecular flexibility index (Phi) is 4.85. The highest BCUT2D eigenvalue weighted by Gasteiger charge is 2.25. The first-order valence-electron chi connectivity index (χ1n) is 5.68. The summed E-state index contributed by atoms with van der Waals surface area (Å²) in [6, 6.07) is 0.753. The van der Waals surface area contributed by atoms with E-state index in [2.05, 4.69) is 26.1 Å². The van der Waals surface area contributed by atoms with E-state index in [1.54, 1.807) is 0 Å². The van der Waals surface area contributed by atoms with E-state index in [1.807, 2.05) is 0 Å². The summed E-state index contributed by atoms with van der Waals surface area (Å²) in [5.41, 5.74) is 0. The summed E-state index contributed by atoms with van der Waals surface area (Å²) in [6.07, 6.45) is 3.78. The van der Waals surface area contributed by atoms with Gasteiger partial charge in [0.05, 0.1) is 18.8 Å². The Bertz CT molecular complexity index is 149. The van der Waals surface area contributed by atoms with Gasteiger partial charge < -0.3 is 15.2 Å². The van der Waals surface area contributed by atoms with Crippen molar-refractivity contribution in [3.8, 4) is 0 Å². The lowest BCUT2D eigenvalue weighted by molar-refractivity contribution is -0.0445. The van der Waals surface area contributed by atoms with Gasteiger partial charge in [-0.15, -0.1) is 0 Å². The number of hydrogen-bond donors (Lipinski definition) is 2. The molecule has 0 aliphatic carbocycles. The smallest absolute Gasteiger partial charge is 0.0584 e. The van der Waals surface area contributed by atoms with Crippen LogP contribution in [0.1, 0.15) is 40.0 Å². The summed E-state index contributed by atoms with van der Waals surface area (Å²) in [5, 5.41) is 12.6. The Morgan fingerprint density at radius 2 is 1.93 bits per heavy atom. The van der Waals surface area contributed by atoms with Crippen molar-refractivity contribution in [2.24, 2.45) is 0 Å². The van der Waals surface area contributed by atoms with Gasteiger partial charge in [0, 0.05) is 12.1 Å². The van der Waals surface area contributed by atoms with Gasteiger partial charge in [-0.05, 0) is 33.1 Å². The van der Waals surface area contributed by atoms with Crippen LogP contribution in [0.3, 0.4) is 0 Å². The predicted molar refractivity (Wildman–Crippen MR) is 57.3 cm³/mol. The lowest BCUT2D eigenvalue weighted by atomic mass is 9.98. The van der Waals surface area contributed by atoms with Crippen LogP contribution in [0.4, 0.5) is 0 Å². The highest BCUT2D eigenvalue weighted by Crippen LogP contribution is 2.19. The summed E-state index contributed by atoms with van der Waals surface area (Å²) in [5.74, 6) is 0. The molecular formula is C11H23NO2. The van der Waals surface area contributed by atoms with Crippen molar-refractivity contribution in [2.45, 2.75) is 64.3 Å². The van der Waals surface area contributed by atoms with Gasteiger partial charge >= 0.3 is 0 Å². The number of aliphatic hydroxyl groups is 1. The minimum absolute atomic E-state index is 0.233. The van der Waals surface area contributed by atoms with Crippen LogP contribution in [0.25, 0.3) is 0 Å². The molecular weight excluding hydrogens is 178 g/mol. The molecule has 3 heteroatoms. The Balaban J connectivity index is 2.35. The fraction of sp³-hybridized carbons (Fsp3) is 1.00. The van der Waals surface area contributed by atoms with E-state index in [4.69, 9.17) is 9.84 Å². The van der Waals surface area contributed by atoms with Crippen molar-refractivity contribution >= 4 is 0 Å². The van der Waals surface area contributed by atoms with Gasteiger partial charge in [-0.3, -0.25) is 0 Å². The zero-order chi connectivity index (χ0) is 10.6. The zero-order valence-electron chi connectivity index (χ0n) is 9.49. The van der Waals surface area contributed by atoms with Crippen molar-refractivity contribution in [1.29, 1.82) is 0 Å². The van der Waals surface area contributed by atoms with Crippen molar-refractivity contribution in [3.63, 3.8) is 0 Å². The maximum Gasteiger partial charge on any atom is 0.0584 e. The number of hydrogen-bond acceptors (Lipinski definition) is 3. The fourth-order valence-electron chi connectivity index (χ4n) is 2.17. The molecule has 1 fully saturated rings. The topological polar surface area (TPSA) is 41.5 Å². The first-order valence-corrected chi connectivity index (χ1v) is 5.68. The molecule has 0 bridgehead atoms. The SMILES string of the molecule is CC[C@@H](CO)NC1C[C@@H](C)O[C@@H](C)C1. The second-order valence-electron chi connectivity index (χ2n) is 4.38. The van der Waals surface area contributed by atoms with Crippen molar-refractivity contribution < 1.29 is 9.84 Å². The molecule has 4 atom stereocenters. The summed E-state index contributed by atoms with van der Waals surface area (Å²) >= 11 is 0. The van der Waals surface area contributed by atoms with E-state index in [0.717, 1.165) is 19.3 Å². The van der Waals surface area contributed by atoms with Crippen LogP contribution in [-0.4, -0.2) is 36.0 Å². The molecule has 1 aliphatic heterocycles. The van der Waals surface area contributed by atoms with Crippen LogP contribution in [0.2, 0.25) is 0 Å². The second-order valence-corrected chi connectivity index (χ2v) is 4.38. The molecule has 2 N–H and O–H groups in total. The third-order valence-electron chi connectivity index (χ3n) is 2.88. The van der Waals surface area contributed by atoms with E-state index < -0.39 is 0 Å². The average molecular weight is 201 g/mol. The average Bonchev–Trinajstić information content (AvgIpc) is 2.12. The molecule has 0 aromatic heterocycles. The lowest BCUT2D eigenvalue weighted by Crippen LogP contribution is -2.46. The Morgan fingerprint density at radius 3 is 2.36 bits per heavy atom. The second kappa shape index (κ2) is 5.69. The predicted octanol–water partition coefficient (Wildman–Crippen LogP) is 1.30. The molecule has 0 spiro atoms. The Morgan fingerprint density at radius 1 is 1.36 bits per heavy atom. The number of nitrogens with one attached hydrogen (secondary N) is 1. The molecule has 1 unspecified atom stereocenters. The zero-order valence-corrected chi connectivity index (χ0v) is 9.49. The molecule has 1 rings (SSSR count). The normalized spacial score (nSPS) is 35.6. The van der Waals surface area contributed by atoms with Crippen LogP contribution in [0.5, 0.6) is 0 Å². The molecule has 1 saturated heterocycles. The van der Waals surface area contributed by atoms with E-state index >= 15 is 0 Å². The standard InChI is InChI=1S/C11H23NO2/c1-4-10(7-13)12-11-5-8(2)14-9(3)6-11/h8-13H,4-7H2,1-3H3/t8-,9+,10-,11?/m0/s1. The number of ether oxygens (including phenoxy) is 1. The molecule has 0 aromatic carbocycles. The third kappa shape index (κ3) is 3.56. The fourth-order valence-corrected chi connectivity index (χ4v) is 2.17. The van der Waals surface area contributed by atoms with Crippen molar-refractivity contribution in [2.75, 3.05) is 6.61 Å². The third-order valence-corrected chi connectivity index (χ3v) is 2.88. The van der Waals surface area contributed by atoms with Crippen LogP contribution in [0.15, 0.2) is 0 Å². The van der Waals surface area contributed by atoms with Gasteiger partial charge in [0.1, 0.15) is 0 Å². The van der Waals surface area contributed by atoms with Gasteiger partial charge in [-0.25, -0.2) is 0 Å². The molecule has 0 aromatic rings. The van der Waals surface area contributed by atoms with Crippen LogP contribution >= 0.6 is 0 Å². The molecule has 14 heavy (non-hydrogen) atoms. The molecule has 0 saturated carbocycles. The van der Waals surface area contributed by atoms with Gasteiger partial charge in [0.25, 0.3) is 0 Å². The van der Waals surface area contributed by atoms with E-state index in [-0.39, 0.29) is 12.6 Å². The maximum absolute atomic E-state index is 9.09. The van der Waals surface area contributed by atoms with Gasteiger partial charge in [0.15, 0.2) is 0 Å². The van der Waals surface area contributed by atoms with Crippen LogP contribution < -0.4 is 5.32 Å². The molecule has 3 nitrogen and oxygen atoms in total. The largest absolute Gasteiger partial charge is 0.395 e. The summed E-state index contributed by atoms with van der Waals surface area (Å²) in [7, 11) is 0. The first-order chi connectivity index (χ1) is 6.65. The summed E-state index contributed by atoms with van der Waals surface area (Å²) in [6.45, 7) is 6.56. The number of rotatable bonds is 4. The molecule has 1 heterocycles. The van der Waals surface area contributed by atoms with E-state index in [1.165, 1.54) is 0 Å². The van der Waals surface area contributed by atoms with Gasteiger partial charge in [-0.1, -0.05) is 6.92 Å².